The van der Waals surface area contributed by atoms with E-state index in [1.807, 2.05) is 18.2 Å². The lowest BCUT2D eigenvalue weighted by Gasteiger charge is -2.26. The molecule has 1 unspecified atom stereocenters. The second-order valence-corrected chi connectivity index (χ2v) is 6.71. The maximum Gasteiger partial charge on any atom is 0.248 e. The summed E-state index contributed by atoms with van der Waals surface area (Å²) in [7, 11) is 0. The number of hydrogen-bond acceptors (Lipinski definition) is 2. The molecule has 4 heteroatoms. The summed E-state index contributed by atoms with van der Waals surface area (Å²) in [5.74, 6) is -0.376. The molecule has 3 N–H and O–H groups in total. The van der Waals surface area contributed by atoms with Crippen molar-refractivity contribution in [2.24, 2.45) is 5.73 Å². The van der Waals surface area contributed by atoms with Gasteiger partial charge in [0.25, 0.3) is 0 Å². The molecule has 1 atom stereocenters. The Bertz CT molecular complexity index is 699. The van der Waals surface area contributed by atoms with Crippen LogP contribution in [0.4, 0.5) is 0 Å². The van der Waals surface area contributed by atoms with Gasteiger partial charge in [-0.3, -0.25) is 4.79 Å². The van der Waals surface area contributed by atoms with Crippen molar-refractivity contribution < 1.29 is 4.79 Å². The van der Waals surface area contributed by atoms with E-state index in [2.05, 4.69) is 39.4 Å². The van der Waals surface area contributed by atoms with Crippen molar-refractivity contribution in [3.05, 3.63) is 69.2 Å². The van der Waals surface area contributed by atoms with Crippen LogP contribution in [0.25, 0.3) is 0 Å². The van der Waals surface area contributed by atoms with Gasteiger partial charge in [-0.25, -0.2) is 0 Å². The predicted octanol–water partition coefficient (Wildman–Crippen LogP) is 3.20. The van der Waals surface area contributed by atoms with Crippen molar-refractivity contribution >= 4 is 21.8 Å². The van der Waals surface area contributed by atoms with Crippen molar-refractivity contribution in [3.8, 4) is 0 Å². The number of aryl methyl sites for hydroxylation is 1. The van der Waals surface area contributed by atoms with E-state index >= 15 is 0 Å². The fourth-order valence-electron chi connectivity index (χ4n) is 2.99. The molecule has 0 heterocycles. The van der Waals surface area contributed by atoms with Crippen molar-refractivity contribution in [1.82, 2.24) is 5.32 Å². The quantitative estimate of drug-likeness (QED) is 0.881. The molecular formula is C18H19BrN2O. The maximum absolute atomic E-state index is 11.2. The molecule has 22 heavy (non-hydrogen) atoms. The van der Waals surface area contributed by atoms with Gasteiger partial charge in [0.05, 0.1) is 0 Å². The van der Waals surface area contributed by atoms with E-state index in [4.69, 9.17) is 5.73 Å². The van der Waals surface area contributed by atoms with Crippen LogP contribution in [0, 0.1) is 0 Å². The predicted molar refractivity (Wildman–Crippen MR) is 91.8 cm³/mol. The molecule has 3 nitrogen and oxygen atoms in total. The molecule has 0 radical (unpaired) electrons. The monoisotopic (exact) mass is 358 g/mol. The molecule has 0 saturated carbocycles. The highest BCUT2D eigenvalue weighted by Crippen LogP contribution is 2.25. The zero-order chi connectivity index (χ0) is 15.5. The lowest BCUT2D eigenvalue weighted by molar-refractivity contribution is 0.1000. The molecule has 3 rings (SSSR count). The van der Waals surface area contributed by atoms with Gasteiger partial charge in [-0.15, -0.1) is 0 Å². The van der Waals surface area contributed by atoms with Crippen molar-refractivity contribution in [1.29, 1.82) is 0 Å². The first-order valence-corrected chi connectivity index (χ1v) is 8.30. The van der Waals surface area contributed by atoms with E-state index in [1.54, 1.807) is 6.07 Å². The maximum atomic E-state index is 11.2. The largest absolute Gasteiger partial charge is 0.366 e. The Kier molecular flexibility index (Phi) is 4.60. The molecule has 1 aliphatic carbocycles. The number of halogens is 1. The third-order valence-electron chi connectivity index (χ3n) is 4.20. The highest BCUT2D eigenvalue weighted by molar-refractivity contribution is 9.10. The normalized spacial score (nSPS) is 17.0. The third-order valence-corrected chi connectivity index (χ3v) is 4.70. The first-order chi connectivity index (χ1) is 10.6. The van der Waals surface area contributed by atoms with E-state index in [0.29, 0.717) is 11.6 Å². The summed E-state index contributed by atoms with van der Waals surface area (Å²) in [5.41, 5.74) is 9.86. The summed E-state index contributed by atoms with van der Waals surface area (Å²) < 4.78 is 1.15. The van der Waals surface area contributed by atoms with E-state index in [0.717, 1.165) is 35.8 Å². The number of carbonyl (C=O) groups is 1. The Morgan fingerprint density at radius 3 is 2.91 bits per heavy atom. The minimum Gasteiger partial charge on any atom is -0.366 e. The summed E-state index contributed by atoms with van der Waals surface area (Å²) in [6, 6.07) is 14.5. The van der Waals surface area contributed by atoms with Crippen molar-refractivity contribution in [2.75, 3.05) is 0 Å². The average Bonchev–Trinajstić information content (AvgIpc) is 2.53. The van der Waals surface area contributed by atoms with Crippen LogP contribution >= 0.6 is 15.9 Å². The van der Waals surface area contributed by atoms with Gasteiger partial charge in [-0.05, 0) is 60.2 Å². The van der Waals surface area contributed by atoms with Gasteiger partial charge >= 0.3 is 0 Å². The number of nitrogens with two attached hydrogens (primary N) is 1. The highest BCUT2D eigenvalue weighted by Gasteiger charge is 2.18. The van der Waals surface area contributed by atoms with Crippen molar-refractivity contribution in [3.63, 3.8) is 0 Å². The molecule has 0 fully saturated rings. The van der Waals surface area contributed by atoms with Gasteiger partial charge in [-0.1, -0.05) is 34.1 Å². The zero-order valence-electron chi connectivity index (χ0n) is 12.3. The Morgan fingerprint density at radius 2 is 2.09 bits per heavy atom. The number of nitrogens with one attached hydrogen (secondary N) is 1. The molecule has 0 aliphatic heterocycles. The van der Waals surface area contributed by atoms with E-state index in [-0.39, 0.29) is 5.91 Å². The molecule has 2 aromatic carbocycles. The minimum absolute atomic E-state index is 0.376. The minimum atomic E-state index is -0.376. The van der Waals surface area contributed by atoms with Gasteiger partial charge in [0.1, 0.15) is 0 Å². The van der Waals surface area contributed by atoms with Gasteiger partial charge in [0.15, 0.2) is 0 Å². The number of hydrogen-bond donors (Lipinski definition) is 2. The number of rotatable bonds is 4. The molecule has 1 aliphatic rings. The lowest BCUT2D eigenvalue weighted by Crippen LogP contribution is -2.34. The molecule has 0 aromatic heterocycles. The smallest absolute Gasteiger partial charge is 0.248 e. The molecule has 1 amide bonds. The zero-order valence-corrected chi connectivity index (χ0v) is 13.9. The first-order valence-electron chi connectivity index (χ1n) is 7.51. The van der Waals surface area contributed by atoms with Crippen LogP contribution in [-0.2, 0) is 19.4 Å². The average molecular weight is 359 g/mol. The van der Waals surface area contributed by atoms with E-state index < -0.39 is 0 Å². The number of benzene rings is 2. The Labute approximate surface area is 139 Å². The Balaban J connectivity index is 1.62. The number of carbonyl (C=O) groups excluding carboxylic acids is 1. The van der Waals surface area contributed by atoms with Gasteiger partial charge in [0.2, 0.25) is 5.91 Å². The van der Waals surface area contributed by atoms with Gasteiger partial charge in [-0.2, -0.15) is 0 Å². The third kappa shape index (κ3) is 3.57. The summed E-state index contributed by atoms with van der Waals surface area (Å²) in [4.78, 5) is 11.2. The van der Waals surface area contributed by atoms with E-state index in [1.165, 1.54) is 11.1 Å². The second-order valence-electron chi connectivity index (χ2n) is 5.80. The first kappa shape index (κ1) is 15.3. The van der Waals surface area contributed by atoms with Crippen LogP contribution in [-0.4, -0.2) is 11.9 Å². The van der Waals surface area contributed by atoms with Crippen LogP contribution < -0.4 is 11.1 Å². The summed E-state index contributed by atoms with van der Waals surface area (Å²) in [6.07, 6.45) is 3.30. The van der Waals surface area contributed by atoms with Crippen LogP contribution in [0.5, 0.6) is 0 Å². The van der Waals surface area contributed by atoms with Gasteiger partial charge in [0, 0.05) is 22.6 Å². The van der Waals surface area contributed by atoms with Gasteiger partial charge < -0.3 is 11.1 Å². The molecule has 2 aromatic rings. The van der Waals surface area contributed by atoms with Crippen LogP contribution in [0.1, 0.15) is 33.5 Å². The molecular weight excluding hydrogens is 340 g/mol. The molecule has 0 bridgehead atoms. The standard InChI is InChI=1S/C18H19BrN2O/c19-16-6-4-14-10-17(7-5-13(14)9-16)21-11-12-2-1-3-15(8-12)18(20)22/h1-4,6,8-9,17,21H,5,7,10-11H2,(H2,20,22). The summed E-state index contributed by atoms with van der Waals surface area (Å²) in [6.45, 7) is 0.762. The summed E-state index contributed by atoms with van der Waals surface area (Å²) in [5, 5.41) is 3.60. The topological polar surface area (TPSA) is 55.1 Å². The Morgan fingerprint density at radius 1 is 1.23 bits per heavy atom. The number of primary amides is 1. The lowest BCUT2D eigenvalue weighted by atomic mass is 9.88. The fourth-order valence-corrected chi connectivity index (χ4v) is 3.40. The molecule has 0 spiro atoms. The number of amides is 1. The van der Waals surface area contributed by atoms with Crippen molar-refractivity contribution in [2.45, 2.75) is 31.8 Å². The SMILES string of the molecule is NC(=O)c1cccc(CNC2CCc3cc(Br)ccc3C2)c1. The molecule has 114 valence electrons. The van der Waals surface area contributed by atoms with Crippen LogP contribution in [0.15, 0.2) is 46.9 Å². The highest BCUT2D eigenvalue weighted by atomic mass is 79.9. The molecule has 0 saturated heterocycles. The number of fused-ring (bicyclic) bond motifs is 1. The van der Waals surface area contributed by atoms with Crippen LogP contribution in [0.3, 0.4) is 0 Å². The second kappa shape index (κ2) is 6.63. The fraction of sp³-hybridized carbons (Fsp3) is 0.278. The van der Waals surface area contributed by atoms with Crippen LogP contribution in [0.2, 0.25) is 0 Å². The van der Waals surface area contributed by atoms with E-state index in [9.17, 15) is 4.79 Å². The summed E-state index contributed by atoms with van der Waals surface area (Å²) >= 11 is 3.53. The Hall–Kier alpha value is -1.65.